The highest BCUT2D eigenvalue weighted by atomic mass is 32.2. The minimum atomic E-state index is -3.74. The Balaban J connectivity index is 2.35. The number of carbonyl (C=O) groups excluding carboxylic acids is 1. The van der Waals surface area contributed by atoms with Gasteiger partial charge in [-0.05, 0) is 62.2 Å². The van der Waals surface area contributed by atoms with Crippen LogP contribution in [0, 0.1) is 13.8 Å². The van der Waals surface area contributed by atoms with Crippen molar-refractivity contribution in [3.63, 3.8) is 0 Å². The lowest BCUT2D eigenvalue weighted by Gasteiger charge is -2.29. The fraction of sp³-hybridized carbons (Fsp3) is 0.350. The van der Waals surface area contributed by atoms with Gasteiger partial charge in [0.2, 0.25) is 26.0 Å². The zero-order chi connectivity index (χ0) is 22.9. The molecule has 0 aromatic heterocycles. The van der Waals surface area contributed by atoms with Gasteiger partial charge in [-0.1, -0.05) is 12.1 Å². The first-order valence-corrected chi connectivity index (χ1v) is 12.8. The Kier molecular flexibility index (Phi) is 6.83. The maximum absolute atomic E-state index is 12.9. The number of rotatable bonds is 7. The molecule has 0 saturated heterocycles. The van der Waals surface area contributed by atoms with E-state index in [0.717, 1.165) is 32.2 Å². The number of sulfonamides is 2. The molecule has 1 atom stereocenters. The summed E-state index contributed by atoms with van der Waals surface area (Å²) in [4.78, 5) is 12.9. The fourth-order valence-corrected chi connectivity index (χ4v) is 4.76. The van der Waals surface area contributed by atoms with Gasteiger partial charge < -0.3 is 5.32 Å². The second-order valence-corrected chi connectivity index (χ2v) is 11.2. The number of hydrogen-bond donors (Lipinski definition) is 1. The van der Waals surface area contributed by atoms with Crippen molar-refractivity contribution in [2.75, 3.05) is 33.5 Å². The Morgan fingerprint density at radius 1 is 0.900 bits per heavy atom. The summed E-state index contributed by atoms with van der Waals surface area (Å²) in [7, 11) is -5.80. The Labute approximate surface area is 178 Å². The van der Waals surface area contributed by atoms with E-state index in [1.54, 1.807) is 30.3 Å². The van der Waals surface area contributed by atoms with Gasteiger partial charge in [-0.3, -0.25) is 13.4 Å². The number of aryl methyl sites for hydroxylation is 2. The molecule has 0 radical (unpaired) electrons. The van der Waals surface area contributed by atoms with Gasteiger partial charge in [0.05, 0.1) is 23.9 Å². The summed E-state index contributed by atoms with van der Waals surface area (Å²) in [6, 6.07) is 10.6. The maximum Gasteiger partial charge on any atom is 0.247 e. The summed E-state index contributed by atoms with van der Waals surface area (Å²) >= 11 is 0. The number of hydrogen-bond acceptors (Lipinski definition) is 5. The molecule has 2 aromatic carbocycles. The normalized spacial score (nSPS) is 12.9. The molecule has 2 rings (SSSR count). The van der Waals surface area contributed by atoms with Crippen molar-refractivity contribution < 1.29 is 21.6 Å². The quantitative estimate of drug-likeness (QED) is 0.694. The van der Waals surface area contributed by atoms with Gasteiger partial charge in [0.25, 0.3) is 0 Å². The molecule has 0 fully saturated rings. The molecule has 1 amide bonds. The molecule has 0 unspecified atom stereocenters. The number of anilines is 3. The first-order valence-electron chi connectivity index (χ1n) is 9.12. The zero-order valence-electron chi connectivity index (χ0n) is 17.9. The van der Waals surface area contributed by atoms with Crippen LogP contribution in [0.3, 0.4) is 0 Å². The third-order valence-corrected chi connectivity index (χ3v) is 6.97. The Morgan fingerprint density at radius 2 is 1.47 bits per heavy atom. The molecule has 30 heavy (non-hydrogen) atoms. The van der Waals surface area contributed by atoms with Crippen LogP contribution in [0.5, 0.6) is 0 Å². The van der Waals surface area contributed by atoms with Crippen molar-refractivity contribution in [2.45, 2.75) is 26.8 Å². The average molecular weight is 454 g/mol. The average Bonchev–Trinajstić information content (AvgIpc) is 2.58. The van der Waals surface area contributed by atoms with Crippen molar-refractivity contribution in [2.24, 2.45) is 0 Å². The summed E-state index contributed by atoms with van der Waals surface area (Å²) in [6.07, 6.45) is 2.13. The van der Waals surface area contributed by atoms with E-state index >= 15 is 0 Å². The molecule has 0 aliphatic carbocycles. The molecule has 8 nitrogen and oxygen atoms in total. The second-order valence-electron chi connectivity index (χ2n) is 7.35. The van der Waals surface area contributed by atoms with Crippen LogP contribution in [0.2, 0.25) is 0 Å². The van der Waals surface area contributed by atoms with Crippen molar-refractivity contribution >= 4 is 43.0 Å². The van der Waals surface area contributed by atoms with E-state index in [4.69, 9.17) is 0 Å². The van der Waals surface area contributed by atoms with Gasteiger partial charge in [0.1, 0.15) is 6.04 Å². The van der Waals surface area contributed by atoms with E-state index in [2.05, 4.69) is 5.32 Å². The molecule has 164 valence electrons. The first kappa shape index (κ1) is 23.7. The van der Waals surface area contributed by atoms with Gasteiger partial charge in [-0.15, -0.1) is 0 Å². The Bertz CT molecular complexity index is 1140. The number of amides is 1. The lowest BCUT2D eigenvalue weighted by molar-refractivity contribution is -0.116. The zero-order valence-corrected chi connectivity index (χ0v) is 19.5. The van der Waals surface area contributed by atoms with Gasteiger partial charge >= 0.3 is 0 Å². The highest BCUT2D eigenvalue weighted by Gasteiger charge is 2.29. The summed E-state index contributed by atoms with van der Waals surface area (Å²) in [5.41, 5.74) is 2.89. The van der Waals surface area contributed by atoms with Crippen LogP contribution in [0.4, 0.5) is 17.1 Å². The molecule has 0 spiro atoms. The van der Waals surface area contributed by atoms with Gasteiger partial charge in [0.15, 0.2) is 0 Å². The van der Waals surface area contributed by atoms with Crippen LogP contribution in [-0.2, 0) is 24.8 Å². The molecule has 0 saturated carbocycles. The molecule has 2 aromatic rings. The van der Waals surface area contributed by atoms with E-state index in [1.165, 1.54) is 20.0 Å². The lowest BCUT2D eigenvalue weighted by Crippen LogP contribution is -2.45. The number of nitrogens with zero attached hydrogens (tertiary/aromatic N) is 2. The molecule has 1 N–H and O–H groups in total. The maximum atomic E-state index is 12.9. The molecule has 10 heteroatoms. The topological polar surface area (TPSA) is 104 Å². The van der Waals surface area contributed by atoms with Crippen LogP contribution < -0.4 is 13.9 Å². The summed E-state index contributed by atoms with van der Waals surface area (Å²) in [5, 5.41) is 2.67. The molecular weight excluding hydrogens is 426 g/mol. The highest BCUT2D eigenvalue weighted by molar-refractivity contribution is 7.92. The minimum absolute atomic E-state index is 0.355. The van der Waals surface area contributed by atoms with Crippen LogP contribution in [-0.4, -0.2) is 48.3 Å². The number of benzene rings is 2. The van der Waals surface area contributed by atoms with Crippen LogP contribution in [0.1, 0.15) is 18.1 Å². The standard InChI is InChI=1S/C20H27N3O5S2/c1-14-10-15(2)12-19(11-14)23(30(6,27)28)16(3)20(24)21-17-8-7-9-18(13-17)22(4)29(5,25)26/h7-13,16H,1-6H3,(H,21,24)/t16-/m1/s1. The van der Waals surface area contributed by atoms with Gasteiger partial charge in [-0.25, -0.2) is 16.8 Å². The van der Waals surface area contributed by atoms with E-state index in [1.807, 2.05) is 19.9 Å². The summed E-state index contributed by atoms with van der Waals surface area (Å²) in [5.74, 6) is -0.543. The van der Waals surface area contributed by atoms with Crippen LogP contribution in [0.15, 0.2) is 42.5 Å². The van der Waals surface area contributed by atoms with Crippen LogP contribution in [0.25, 0.3) is 0 Å². The number of nitrogens with one attached hydrogen (secondary N) is 1. The third-order valence-electron chi connectivity index (χ3n) is 4.52. The molecule has 0 aliphatic rings. The first-order chi connectivity index (χ1) is 13.7. The van der Waals surface area contributed by atoms with Crippen molar-refractivity contribution in [1.82, 2.24) is 0 Å². The minimum Gasteiger partial charge on any atom is -0.324 e. The smallest absolute Gasteiger partial charge is 0.247 e. The third kappa shape index (κ3) is 5.73. The fourth-order valence-electron chi connectivity index (χ4n) is 3.10. The molecule has 0 bridgehead atoms. The van der Waals surface area contributed by atoms with Crippen molar-refractivity contribution in [1.29, 1.82) is 0 Å². The highest BCUT2D eigenvalue weighted by Crippen LogP contribution is 2.25. The molecule has 0 aliphatic heterocycles. The van der Waals surface area contributed by atoms with Gasteiger partial charge in [-0.2, -0.15) is 0 Å². The summed E-state index contributed by atoms with van der Waals surface area (Å²) < 4.78 is 50.6. The predicted molar refractivity (Wildman–Crippen MR) is 121 cm³/mol. The lowest BCUT2D eigenvalue weighted by atomic mass is 10.1. The van der Waals surface area contributed by atoms with Crippen molar-refractivity contribution in [3.8, 4) is 0 Å². The largest absolute Gasteiger partial charge is 0.324 e. The van der Waals surface area contributed by atoms with E-state index in [9.17, 15) is 21.6 Å². The number of carbonyl (C=O) groups is 1. The van der Waals surface area contributed by atoms with E-state index in [0.29, 0.717) is 17.1 Å². The molecule has 0 heterocycles. The summed E-state index contributed by atoms with van der Waals surface area (Å²) in [6.45, 7) is 5.21. The van der Waals surface area contributed by atoms with Crippen LogP contribution >= 0.6 is 0 Å². The Morgan fingerprint density at radius 3 is 1.97 bits per heavy atom. The van der Waals surface area contributed by atoms with E-state index in [-0.39, 0.29) is 0 Å². The molecular formula is C20H27N3O5S2. The van der Waals surface area contributed by atoms with Crippen molar-refractivity contribution in [3.05, 3.63) is 53.6 Å². The monoisotopic (exact) mass is 453 g/mol. The Hall–Kier alpha value is -2.59. The van der Waals surface area contributed by atoms with E-state index < -0.39 is 32.0 Å². The SMILES string of the molecule is Cc1cc(C)cc(N([C@H](C)C(=O)Nc2cccc(N(C)S(C)(=O)=O)c2)S(C)(=O)=O)c1. The van der Waals surface area contributed by atoms with Gasteiger partial charge in [0, 0.05) is 12.7 Å². The second kappa shape index (κ2) is 8.65. The predicted octanol–water partition coefficient (Wildman–Crippen LogP) is 2.49.